The molecule has 1 saturated heterocycles. The molecule has 0 bridgehead atoms. The zero-order valence-corrected chi connectivity index (χ0v) is 10.3. The van der Waals surface area contributed by atoms with Gasteiger partial charge in [0.2, 0.25) is 0 Å². The Morgan fingerprint density at radius 2 is 2.18 bits per heavy atom. The minimum atomic E-state index is -0.834. The van der Waals surface area contributed by atoms with Crippen molar-refractivity contribution in [1.82, 2.24) is 0 Å². The van der Waals surface area contributed by atoms with Gasteiger partial charge in [0.15, 0.2) is 17.8 Å². The molecule has 66 valence electrons. The summed E-state index contributed by atoms with van der Waals surface area (Å²) in [4.78, 5) is 0. The third-order valence-electron chi connectivity index (χ3n) is 1.64. The van der Waals surface area contributed by atoms with Crippen molar-refractivity contribution in [3.8, 4) is 0 Å². The Bertz CT molecular complexity index is 116. The van der Waals surface area contributed by atoms with Crippen molar-refractivity contribution in [2.45, 2.75) is 38.8 Å². The van der Waals surface area contributed by atoms with Gasteiger partial charge < -0.3 is 8.85 Å². The molecule has 11 heavy (non-hydrogen) atoms. The van der Waals surface area contributed by atoms with E-state index in [1.54, 1.807) is 0 Å². The van der Waals surface area contributed by atoms with Crippen LogP contribution in [0.4, 0.5) is 0 Å². The Morgan fingerprint density at radius 1 is 1.45 bits per heavy atom. The molecule has 1 aliphatic rings. The van der Waals surface area contributed by atoms with E-state index in [-0.39, 0.29) is 14.9 Å². The standard InChI is InChI=1S/C7H18O2Si2/c1-7(2,3)9-11-6-4-5-8-10-11/h11H,4-6,10H2,1-3H3. The predicted molar refractivity (Wildman–Crippen MR) is 51.9 cm³/mol. The molecule has 0 spiro atoms. The summed E-state index contributed by atoms with van der Waals surface area (Å²) >= 11 is 0. The number of hydrogen-bond donors (Lipinski definition) is 0. The molecule has 1 fully saturated rings. The van der Waals surface area contributed by atoms with Gasteiger partial charge in [0.05, 0.1) is 0 Å². The third-order valence-corrected chi connectivity index (χ3v) is 8.17. The zero-order chi connectivity index (χ0) is 8.32. The van der Waals surface area contributed by atoms with Crippen molar-refractivity contribution in [1.29, 1.82) is 0 Å². The average Bonchev–Trinajstić information content (AvgIpc) is 1.85. The lowest BCUT2D eigenvalue weighted by Crippen LogP contribution is -2.39. The SMILES string of the molecule is CC(C)(C)O[SiH]1CCCO[SiH2]1. The van der Waals surface area contributed by atoms with E-state index in [0.717, 1.165) is 6.61 Å². The average molecular weight is 190 g/mol. The second-order valence-corrected chi connectivity index (χ2v) is 10.6. The summed E-state index contributed by atoms with van der Waals surface area (Å²) in [5.41, 5.74) is 0.0740. The maximum Gasteiger partial charge on any atom is 0.190 e. The van der Waals surface area contributed by atoms with Crippen LogP contribution in [0.1, 0.15) is 27.2 Å². The fraction of sp³-hybridized carbons (Fsp3) is 1.00. The maximum atomic E-state index is 5.95. The van der Waals surface area contributed by atoms with E-state index in [0.29, 0.717) is 0 Å². The van der Waals surface area contributed by atoms with Gasteiger partial charge in [-0.3, -0.25) is 0 Å². The van der Waals surface area contributed by atoms with Crippen LogP contribution >= 0.6 is 0 Å². The summed E-state index contributed by atoms with van der Waals surface area (Å²) < 4.78 is 11.5. The van der Waals surface area contributed by atoms with Gasteiger partial charge in [-0.15, -0.1) is 0 Å². The highest BCUT2D eigenvalue weighted by molar-refractivity contribution is 7.06. The monoisotopic (exact) mass is 190 g/mol. The number of hydrogen-bond acceptors (Lipinski definition) is 2. The normalized spacial score (nSPS) is 29.2. The zero-order valence-electron chi connectivity index (χ0n) is 7.72. The Kier molecular flexibility index (Phi) is 3.30. The minimum Gasteiger partial charge on any atom is -0.425 e. The summed E-state index contributed by atoms with van der Waals surface area (Å²) in [6.07, 6.45) is 1.24. The highest BCUT2D eigenvalue weighted by Crippen LogP contribution is 2.14. The van der Waals surface area contributed by atoms with Crippen molar-refractivity contribution in [3.05, 3.63) is 0 Å². The van der Waals surface area contributed by atoms with Crippen molar-refractivity contribution < 1.29 is 8.85 Å². The van der Waals surface area contributed by atoms with Gasteiger partial charge in [0.1, 0.15) is 0 Å². The molecular formula is C7H18O2Si2. The van der Waals surface area contributed by atoms with Gasteiger partial charge >= 0.3 is 0 Å². The van der Waals surface area contributed by atoms with Gasteiger partial charge in [0, 0.05) is 12.2 Å². The first-order valence-electron chi connectivity index (χ1n) is 4.33. The second kappa shape index (κ2) is 3.84. The van der Waals surface area contributed by atoms with Crippen LogP contribution in [0.2, 0.25) is 6.04 Å². The van der Waals surface area contributed by atoms with E-state index >= 15 is 0 Å². The van der Waals surface area contributed by atoms with Crippen LogP contribution in [0.25, 0.3) is 0 Å². The van der Waals surface area contributed by atoms with Gasteiger partial charge in [-0.25, -0.2) is 0 Å². The predicted octanol–water partition coefficient (Wildman–Crippen LogP) is 0.526. The van der Waals surface area contributed by atoms with E-state index in [1.165, 1.54) is 12.5 Å². The molecule has 0 radical (unpaired) electrons. The Labute approximate surface area is 72.7 Å². The highest BCUT2D eigenvalue weighted by atomic mass is 29.2. The van der Waals surface area contributed by atoms with E-state index in [4.69, 9.17) is 8.85 Å². The summed E-state index contributed by atoms with van der Waals surface area (Å²) in [5, 5.41) is 0. The molecule has 1 atom stereocenters. The molecule has 0 aromatic carbocycles. The molecule has 4 heteroatoms. The van der Waals surface area contributed by atoms with E-state index in [2.05, 4.69) is 20.8 Å². The fourth-order valence-corrected chi connectivity index (χ4v) is 8.27. The van der Waals surface area contributed by atoms with E-state index in [1.807, 2.05) is 0 Å². The molecule has 0 saturated carbocycles. The first-order chi connectivity index (χ1) is 5.08. The molecule has 1 unspecified atom stereocenters. The van der Waals surface area contributed by atoms with E-state index < -0.39 is 8.56 Å². The smallest absolute Gasteiger partial charge is 0.190 e. The molecule has 0 N–H and O–H groups in total. The number of rotatable bonds is 1. The maximum absolute atomic E-state index is 5.95. The van der Waals surface area contributed by atoms with Crippen LogP contribution in [0.5, 0.6) is 0 Å². The Balaban J connectivity index is 2.24. The van der Waals surface area contributed by atoms with Gasteiger partial charge in [0.25, 0.3) is 0 Å². The van der Waals surface area contributed by atoms with Gasteiger partial charge in [-0.05, 0) is 33.2 Å². The molecule has 0 aromatic rings. The highest BCUT2D eigenvalue weighted by Gasteiger charge is 2.23. The van der Waals surface area contributed by atoms with Crippen LogP contribution in [-0.2, 0) is 8.85 Å². The van der Waals surface area contributed by atoms with Crippen LogP contribution in [0, 0.1) is 0 Å². The Hall–Kier alpha value is 0.354. The summed E-state index contributed by atoms with van der Waals surface area (Å²) in [5.74, 6) is 0. The summed E-state index contributed by atoms with van der Waals surface area (Å²) in [7, 11) is -1.08. The van der Waals surface area contributed by atoms with Crippen molar-refractivity contribution >= 4 is 17.8 Å². The molecular weight excluding hydrogens is 172 g/mol. The van der Waals surface area contributed by atoms with Crippen molar-refractivity contribution in [2.75, 3.05) is 6.61 Å². The van der Waals surface area contributed by atoms with Crippen molar-refractivity contribution in [3.63, 3.8) is 0 Å². The van der Waals surface area contributed by atoms with Crippen LogP contribution in [0.15, 0.2) is 0 Å². The van der Waals surface area contributed by atoms with Crippen LogP contribution < -0.4 is 0 Å². The lowest BCUT2D eigenvalue weighted by molar-refractivity contribution is 0.129. The van der Waals surface area contributed by atoms with Crippen LogP contribution in [-0.4, -0.2) is 30.0 Å². The summed E-state index contributed by atoms with van der Waals surface area (Å²) in [6.45, 7) is 7.43. The molecule has 0 aromatic heterocycles. The largest absolute Gasteiger partial charge is 0.425 e. The van der Waals surface area contributed by atoms with Crippen molar-refractivity contribution in [2.24, 2.45) is 0 Å². The summed E-state index contributed by atoms with van der Waals surface area (Å²) in [6, 6.07) is 1.35. The van der Waals surface area contributed by atoms with Gasteiger partial charge in [-0.2, -0.15) is 0 Å². The first-order valence-corrected chi connectivity index (χ1v) is 9.46. The molecule has 0 amide bonds. The quantitative estimate of drug-likeness (QED) is 0.562. The fourth-order valence-electron chi connectivity index (χ4n) is 1.30. The van der Waals surface area contributed by atoms with E-state index in [9.17, 15) is 0 Å². The lowest BCUT2D eigenvalue weighted by atomic mass is 10.2. The van der Waals surface area contributed by atoms with Gasteiger partial charge in [-0.1, -0.05) is 0 Å². The molecule has 1 heterocycles. The molecule has 0 aliphatic carbocycles. The lowest BCUT2D eigenvalue weighted by Gasteiger charge is -2.28. The Morgan fingerprint density at radius 3 is 2.64 bits per heavy atom. The molecule has 1 aliphatic heterocycles. The minimum absolute atomic E-state index is 0.0740. The first kappa shape index (κ1) is 9.44. The molecule has 1 rings (SSSR count). The third kappa shape index (κ3) is 4.05. The molecule has 2 nitrogen and oxygen atoms in total. The second-order valence-electron chi connectivity index (χ2n) is 4.07. The topological polar surface area (TPSA) is 18.5 Å². The van der Waals surface area contributed by atoms with Crippen LogP contribution in [0.3, 0.4) is 0 Å².